The lowest BCUT2D eigenvalue weighted by atomic mass is 9.91. The monoisotopic (exact) mass is 1320 g/mol. The Kier molecular flexibility index (Phi) is 33.9. The summed E-state index contributed by atoms with van der Waals surface area (Å²) < 4.78 is 5.92. The highest BCUT2D eigenvalue weighted by molar-refractivity contribution is 5.99. The molecule has 13 atom stereocenters. The maximum atomic E-state index is 15.3. The number of likely N-dealkylation sites (N-methyl/N-ethyl adjacent to an activating group) is 7. The summed E-state index contributed by atoms with van der Waals surface area (Å²) >= 11 is 0. The van der Waals surface area contributed by atoms with Gasteiger partial charge in [-0.2, -0.15) is 0 Å². The minimum Gasteiger partial charge on any atom is -0.450 e. The summed E-state index contributed by atoms with van der Waals surface area (Å²) in [6.07, 6.45) is -3.73. The average Bonchev–Trinajstić information content (AvgIpc) is 2.02. The molecule has 2 rings (SSSR count). The Morgan fingerprint density at radius 3 is 1.28 bits per heavy atom. The van der Waals surface area contributed by atoms with Gasteiger partial charge in [-0.05, 0) is 113 Å². The number of hydrogen-bond donors (Lipinski definition) is 6. The van der Waals surface area contributed by atoms with Crippen LogP contribution in [0.25, 0.3) is 0 Å². The van der Waals surface area contributed by atoms with Crippen molar-refractivity contribution >= 4 is 65.0 Å². The van der Waals surface area contributed by atoms with Crippen LogP contribution in [-0.2, 0) is 57.5 Å². The zero-order valence-corrected chi connectivity index (χ0v) is 60.9. The van der Waals surface area contributed by atoms with Crippen LogP contribution in [0.5, 0.6) is 0 Å². The summed E-state index contributed by atoms with van der Waals surface area (Å²) in [7, 11) is 10.2. The molecule has 10 amide bonds. The number of nitrogens with one attached hydrogen (secondary N) is 4. The van der Waals surface area contributed by atoms with Crippen molar-refractivity contribution in [2.24, 2.45) is 47.3 Å². The van der Waals surface area contributed by atoms with E-state index in [1.807, 2.05) is 76.3 Å². The Bertz CT molecular complexity index is 2500. The SMILES string of the molecule is CC(C)C[C@@H]1NC(=O)[C@H](CC(C)C)N(C)C(=O)CN(C)C(=O)[C@H]([C@@H](C)O)NC(=O)[C@H]([C@H](O)[C@H](C)CCN2CCN(C)CC2)N(C)C(=O)[C@H](C(C)C)N(C)C(=O)[C@@H](CC(C)C)NC(=O)[C@H](CC(C)C)N(C)C(=O)[C@@H](C(C)C)OC(=O)[C@H](C)NC(=O)[C@H](CC(C)C)N(C)C1=O. The van der Waals surface area contributed by atoms with Gasteiger partial charge in [0.15, 0.2) is 6.10 Å². The van der Waals surface area contributed by atoms with Crippen LogP contribution in [0.4, 0.5) is 0 Å². The standard InChI is InChI=1S/C67H122N12O14/c1-37(2)31-47-62(87)75(21)50(34-40(7)8)58(83)68-45(16)67(92)93-57(43(13)14)66(91)76(22)51(35-41(9)10)60(85)70-48(32-38(3)4)63(88)77(23)54(42(11)12)65(90)78(24)55(56(82)44(15)25-26-79-29-27-72(18)28-30-79)61(86)71-53(46(17)80)64(89)73(19)36-52(81)74(20)49(33-39(5)6)59(84)69-47/h37-51,53-57,80,82H,25-36H2,1-24H3,(H,68,83)(H,69,84)(H,70,85)(H,71,86)/t44-,45+,46-,47+,48-,49+,50+,51+,53+,54+,55+,56-,57-/m1/s1. The molecule has 2 aliphatic heterocycles. The molecule has 93 heavy (non-hydrogen) atoms. The lowest BCUT2D eigenvalue weighted by molar-refractivity contribution is -0.166. The predicted octanol–water partition coefficient (Wildman–Crippen LogP) is 2.02. The number of ether oxygens (including phenoxy) is 1. The van der Waals surface area contributed by atoms with Crippen LogP contribution in [0.1, 0.15) is 156 Å². The number of esters is 1. The molecule has 0 radical (unpaired) electrons. The summed E-state index contributed by atoms with van der Waals surface area (Å²) in [6.45, 7) is 32.7. The summed E-state index contributed by atoms with van der Waals surface area (Å²) in [5, 5.41) is 34.8. The van der Waals surface area contributed by atoms with E-state index in [0.29, 0.717) is 13.0 Å². The number of carbonyl (C=O) groups is 11. The van der Waals surface area contributed by atoms with Gasteiger partial charge in [0.1, 0.15) is 54.4 Å². The van der Waals surface area contributed by atoms with Crippen LogP contribution in [0.2, 0.25) is 0 Å². The van der Waals surface area contributed by atoms with E-state index in [2.05, 4.69) is 31.1 Å². The third kappa shape index (κ3) is 24.6. The van der Waals surface area contributed by atoms with Crippen molar-refractivity contribution in [3.63, 3.8) is 0 Å². The third-order valence-electron chi connectivity index (χ3n) is 17.8. The zero-order chi connectivity index (χ0) is 71.5. The van der Waals surface area contributed by atoms with Crippen LogP contribution in [0.15, 0.2) is 0 Å². The number of rotatable bonds is 18. The number of carbonyl (C=O) groups excluding carboxylic acids is 11. The normalized spacial score (nSPS) is 27.3. The molecule has 0 unspecified atom stereocenters. The predicted molar refractivity (Wildman–Crippen MR) is 356 cm³/mol. The second kappa shape index (κ2) is 37.9. The van der Waals surface area contributed by atoms with E-state index in [9.17, 15) is 48.6 Å². The highest BCUT2D eigenvalue weighted by Crippen LogP contribution is 2.25. The first-order valence-corrected chi connectivity index (χ1v) is 33.7. The minimum atomic E-state index is -1.75. The highest BCUT2D eigenvalue weighted by atomic mass is 16.6. The molecule has 0 spiro atoms. The van der Waals surface area contributed by atoms with Crippen molar-refractivity contribution < 1.29 is 67.7 Å². The molecule has 0 saturated carbocycles. The van der Waals surface area contributed by atoms with E-state index in [0.717, 1.165) is 40.9 Å². The average molecular weight is 1320 g/mol. The van der Waals surface area contributed by atoms with Gasteiger partial charge in [0.05, 0.1) is 18.8 Å². The first kappa shape index (κ1) is 83.1. The van der Waals surface area contributed by atoms with E-state index in [-0.39, 0.29) is 61.7 Å². The number of aliphatic hydroxyl groups is 2. The molecule has 26 nitrogen and oxygen atoms in total. The van der Waals surface area contributed by atoms with Crippen molar-refractivity contribution in [1.29, 1.82) is 0 Å². The Morgan fingerprint density at radius 2 is 0.860 bits per heavy atom. The fourth-order valence-electron chi connectivity index (χ4n) is 12.0. The molecule has 26 heteroatoms. The lowest BCUT2D eigenvalue weighted by Crippen LogP contribution is -2.64. The van der Waals surface area contributed by atoms with Gasteiger partial charge in [-0.3, -0.25) is 47.9 Å². The molecule has 0 bridgehead atoms. The molecule has 6 N–H and O–H groups in total. The molecule has 0 aromatic heterocycles. The Hall–Kier alpha value is -5.99. The summed E-state index contributed by atoms with van der Waals surface area (Å²) in [5.74, 6) is -11.5. The van der Waals surface area contributed by atoms with Gasteiger partial charge < -0.3 is 75.4 Å². The number of aliphatic hydroxyl groups excluding tert-OH is 2. The Morgan fingerprint density at radius 1 is 0.452 bits per heavy atom. The van der Waals surface area contributed by atoms with Crippen molar-refractivity contribution in [3.8, 4) is 0 Å². The number of nitrogens with zero attached hydrogens (tertiary/aromatic N) is 8. The molecule has 0 aromatic carbocycles. The van der Waals surface area contributed by atoms with Gasteiger partial charge in [0.2, 0.25) is 53.2 Å². The zero-order valence-electron chi connectivity index (χ0n) is 60.9. The lowest BCUT2D eigenvalue weighted by Gasteiger charge is -2.40. The summed E-state index contributed by atoms with van der Waals surface area (Å²) in [6, 6.07) is -12.2. The smallest absolute Gasteiger partial charge is 0.329 e. The maximum absolute atomic E-state index is 15.3. The summed E-state index contributed by atoms with van der Waals surface area (Å²) in [5.41, 5.74) is 0. The third-order valence-corrected chi connectivity index (χ3v) is 17.8. The van der Waals surface area contributed by atoms with Crippen molar-refractivity contribution in [2.45, 2.75) is 229 Å². The van der Waals surface area contributed by atoms with Crippen molar-refractivity contribution in [3.05, 3.63) is 0 Å². The first-order valence-electron chi connectivity index (χ1n) is 33.7. The Labute approximate surface area is 556 Å². The largest absolute Gasteiger partial charge is 0.450 e. The molecule has 2 saturated heterocycles. The van der Waals surface area contributed by atoms with Crippen LogP contribution in [0.3, 0.4) is 0 Å². The van der Waals surface area contributed by atoms with E-state index >= 15 is 14.4 Å². The fraction of sp³-hybridized carbons (Fsp3) is 0.836. The first-order chi connectivity index (χ1) is 43.0. The van der Waals surface area contributed by atoms with Crippen molar-refractivity contribution in [1.82, 2.24) is 60.5 Å². The van der Waals surface area contributed by atoms with E-state index in [1.54, 1.807) is 34.6 Å². The molecule has 0 aromatic rings. The number of amides is 10. The second-order valence-corrected chi connectivity index (χ2v) is 29.4. The van der Waals surface area contributed by atoms with Gasteiger partial charge in [-0.1, -0.05) is 104 Å². The molecule has 2 heterocycles. The molecule has 2 fully saturated rings. The quantitative estimate of drug-likeness (QED) is 0.107. The number of hydrogen-bond acceptors (Lipinski definition) is 16. The minimum absolute atomic E-state index is 0.0827. The van der Waals surface area contributed by atoms with Gasteiger partial charge in [0, 0.05) is 68.5 Å². The van der Waals surface area contributed by atoms with Gasteiger partial charge in [-0.25, -0.2) is 4.79 Å². The fourth-order valence-corrected chi connectivity index (χ4v) is 12.0. The molecular formula is C67H122N12O14. The van der Waals surface area contributed by atoms with E-state index in [4.69, 9.17) is 4.74 Å². The van der Waals surface area contributed by atoms with Crippen LogP contribution in [-0.4, -0.2) is 276 Å². The highest BCUT2D eigenvalue weighted by Gasteiger charge is 2.46. The second-order valence-electron chi connectivity index (χ2n) is 29.4. The van der Waals surface area contributed by atoms with Gasteiger partial charge >= 0.3 is 5.97 Å². The molecule has 2 aliphatic rings. The van der Waals surface area contributed by atoms with Crippen LogP contribution < -0.4 is 21.3 Å². The number of piperazine rings is 1. The molecular weight excluding hydrogens is 1200 g/mol. The van der Waals surface area contributed by atoms with Gasteiger partial charge in [-0.15, -0.1) is 0 Å². The van der Waals surface area contributed by atoms with Crippen LogP contribution >= 0.6 is 0 Å². The van der Waals surface area contributed by atoms with E-state index < -0.39 is 162 Å². The number of cyclic esters (lactones) is 1. The topological polar surface area (TPSA) is 312 Å². The molecule has 0 aliphatic carbocycles. The van der Waals surface area contributed by atoms with E-state index in [1.165, 1.54) is 70.8 Å². The van der Waals surface area contributed by atoms with Crippen LogP contribution in [0, 0.1) is 47.3 Å². The van der Waals surface area contributed by atoms with Crippen molar-refractivity contribution in [2.75, 3.05) is 88.6 Å². The molecule has 534 valence electrons. The Balaban J connectivity index is 3.03. The maximum Gasteiger partial charge on any atom is 0.329 e. The summed E-state index contributed by atoms with van der Waals surface area (Å²) in [4.78, 5) is 173. The van der Waals surface area contributed by atoms with Gasteiger partial charge in [0.25, 0.3) is 5.91 Å².